The van der Waals surface area contributed by atoms with Gasteiger partial charge in [0, 0.05) is 18.2 Å². The van der Waals surface area contributed by atoms with Crippen molar-refractivity contribution in [1.29, 1.82) is 0 Å². The predicted molar refractivity (Wildman–Crippen MR) is 64.3 cm³/mol. The van der Waals surface area contributed by atoms with Crippen molar-refractivity contribution in [2.45, 2.75) is 24.8 Å². The van der Waals surface area contributed by atoms with Crippen LogP contribution in [-0.2, 0) is 6.42 Å². The standard InChI is InChI=1S/C13H15N3/c1-14-13(6-7-13)8-10-9-15-11-4-2-3-5-12(11)16-10/h2-5,9,14H,6-8H2,1H3. The first-order valence-corrected chi connectivity index (χ1v) is 5.71. The van der Waals surface area contributed by atoms with E-state index in [-0.39, 0.29) is 0 Å². The van der Waals surface area contributed by atoms with E-state index >= 15 is 0 Å². The lowest BCUT2D eigenvalue weighted by Gasteiger charge is -2.12. The molecule has 1 heterocycles. The number of nitrogens with zero attached hydrogens (tertiary/aromatic N) is 2. The van der Waals surface area contributed by atoms with Gasteiger partial charge < -0.3 is 5.32 Å². The average molecular weight is 213 g/mol. The fourth-order valence-corrected chi connectivity index (χ4v) is 2.09. The first-order chi connectivity index (χ1) is 7.81. The van der Waals surface area contributed by atoms with E-state index in [1.54, 1.807) is 0 Å². The minimum absolute atomic E-state index is 0.303. The van der Waals surface area contributed by atoms with Crippen molar-refractivity contribution in [2.24, 2.45) is 0 Å². The van der Waals surface area contributed by atoms with Crippen LogP contribution in [0.15, 0.2) is 30.5 Å². The molecule has 1 aromatic heterocycles. The molecule has 16 heavy (non-hydrogen) atoms. The van der Waals surface area contributed by atoms with E-state index < -0.39 is 0 Å². The molecule has 0 amide bonds. The third-order valence-corrected chi connectivity index (χ3v) is 3.40. The Hall–Kier alpha value is -1.48. The summed E-state index contributed by atoms with van der Waals surface area (Å²) < 4.78 is 0. The molecular formula is C13H15N3. The minimum atomic E-state index is 0.303. The molecule has 1 aromatic carbocycles. The van der Waals surface area contributed by atoms with E-state index in [2.05, 4.69) is 15.3 Å². The maximum Gasteiger partial charge on any atom is 0.0890 e. The third-order valence-electron chi connectivity index (χ3n) is 3.40. The number of hydrogen-bond donors (Lipinski definition) is 1. The predicted octanol–water partition coefficient (Wildman–Crippen LogP) is 1.92. The zero-order valence-corrected chi connectivity index (χ0v) is 9.40. The summed E-state index contributed by atoms with van der Waals surface area (Å²) in [5.74, 6) is 0. The van der Waals surface area contributed by atoms with Gasteiger partial charge in [-0.3, -0.25) is 4.98 Å². The van der Waals surface area contributed by atoms with Crippen LogP contribution in [0.1, 0.15) is 18.5 Å². The Kier molecular flexibility index (Phi) is 2.14. The van der Waals surface area contributed by atoms with Crippen molar-refractivity contribution in [3.63, 3.8) is 0 Å². The molecule has 3 heteroatoms. The number of fused-ring (bicyclic) bond motifs is 1. The maximum absolute atomic E-state index is 4.65. The van der Waals surface area contributed by atoms with Crippen LogP contribution in [0.25, 0.3) is 11.0 Å². The second-order valence-corrected chi connectivity index (χ2v) is 4.56. The van der Waals surface area contributed by atoms with Gasteiger partial charge in [0.25, 0.3) is 0 Å². The summed E-state index contributed by atoms with van der Waals surface area (Å²) >= 11 is 0. The van der Waals surface area contributed by atoms with Gasteiger partial charge in [-0.15, -0.1) is 0 Å². The first-order valence-electron chi connectivity index (χ1n) is 5.71. The number of aromatic nitrogens is 2. The average Bonchev–Trinajstić information content (AvgIpc) is 3.09. The van der Waals surface area contributed by atoms with Crippen LogP contribution in [0, 0.1) is 0 Å². The topological polar surface area (TPSA) is 37.8 Å². The molecule has 1 aliphatic carbocycles. The summed E-state index contributed by atoms with van der Waals surface area (Å²) in [6, 6.07) is 8.01. The molecule has 2 aromatic rings. The summed E-state index contributed by atoms with van der Waals surface area (Å²) in [4.78, 5) is 9.08. The molecule has 1 fully saturated rings. The van der Waals surface area contributed by atoms with Crippen LogP contribution in [0.3, 0.4) is 0 Å². The molecule has 3 rings (SSSR count). The van der Waals surface area contributed by atoms with Crippen molar-refractivity contribution in [2.75, 3.05) is 7.05 Å². The Morgan fingerprint density at radius 1 is 1.25 bits per heavy atom. The molecule has 1 aliphatic rings. The summed E-state index contributed by atoms with van der Waals surface area (Å²) in [6.45, 7) is 0. The quantitative estimate of drug-likeness (QED) is 0.846. The van der Waals surface area contributed by atoms with Gasteiger partial charge in [0.15, 0.2) is 0 Å². The molecule has 0 saturated heterocycles. The third kappa shape index (κ3) is 1.67. The second-order valence-electron chi connectivity index (χ2n) is 4.56. The molecular weight excluding hydrogens is 198 g/mol. The highest BCUT2D eigenvalue weighted by Crippen LogP contribution is 2.37. The maximum atomic E-state index is 4.65. The summed E-state index contributed by atoms with van der Waals surface area (Å²) in [7, 11) is 2.03. The molecule has 1 saturated carbocycles. The van der Waals surface area contributed by atoms with Crippen molar-refractivity contribution in [3.05, 3.63) is 36.2 Å². The fraction of sp³-hybridized carbons (Fsp3) is 0.385. The van der Waals surface area contributed by atoms with E-state index in [0.29, 0.717) is 5.54 Å². The van der Waals surface area contributed by atoms with E-state index in [0.717, 1.165) is 23.1 Å². The van der Waals surface area contributed by atoms with Gasteiger partial charge in [-0.2, -0.15) is 0 Å². The first kappa shape index (κ1) is 9.73. The second kappa shape index (κ2) is 3.52. The number of nitrogens with one attached hydrogen (secondary N) is 1. The molecule has 1 N–H and O–H groups in total. The van der Waals surface area contributed by atoms with Gasteiger partial charge in [-0.1, -0.05) is 12.1 Å². The molecule has 0 bridgehead atoms. The van der Waals surface area contributed by atoms with Crippen LogP contribution in [0.2, 0.25) is 0 Å². The van der Waals surface area contributed by atoms with Crippen LogP contribution >= 0.6 is 0 Å². The largest absolute Gasteiger partial charge is 0.314 e. The molecule has 0 radical (unpaired) electrons. The molecule has 0 unspecified atom stereocenters. The Labute approximate surface area is 94.9 Å². The van der Waals surface area contributed by atoms with E-state index in [9.17, 15) is 0 Å². The zero-order valence-electron chi connectivity index (χ0n) is 9.40. The van der Waals surface area contributed by atoms with Gasteiger partial charge in [0.1, 0.15) is 0 Å². The number of likely N-dealkylation sites (N-methyl/N-ethyl adjacent to an activating group) is 1. The van der Waals surface area contributed by atoms with Crippen LogP contribution in [-0.4, -0.2) is 22.6 Å². The molecule has 82 valence electrons. The molecule has 3 nitrogen and oxygen atoms in total. The Morgan fingerprint density at radius 2 is 2.00 bits per heavy atom. The number of hydrogen-bond acceptors (Lipinski definition) is 3. The van der Waals surface area contributed by atoms with Crippen molar-refractivity contribution in [3.8, 4) is 0 Å². The number of rotatable bonds is 3. The van der Waals surface area contributed by atoms with E-state index in [4.69, 9.17) is 0 Å². The Morgan fingerprint density at radius 3 is 2.69 bits per heavy atom. The lowest BCUT2D eigenvalue weighted by molar-refractivity contribution is 0.542. The Balaban J connectivity index is 1.93. The molecule has 0 spiro atoms. The monoisotopic (exact) mass is 213 g/mol. The highest BCUT2D eigenvalue weighted by molar-refractivity contribution is 5.73. The van der Waals surface area contributed by atoms with Crippen LogP contribution in [0.4, 0.5) is 0 Å². The minimum Gasteiger partial charge on any atom is -0.314 e. The lowest BCUT2D eigenvalue weighted by Crippen LogP contribution is -2.29. The summed E-state index contributed by atoms with van der Waals surface area (Å²) in [5.41, 5.74) is 3.36. The van der Waals surface area contributed by atoms with Crippen LogP contribution < -0.4 is 5.32 Å². The van der Waals surface area contributed by atoms with Gasteiger partial charge in [-0.25, -0.2) is 4.98 Å². The molecule has 0 aliphatic heterocycles. The highest BCUT2D eigenvalue weighted by atomic mass is 15.0. The summed E-state index contributed by atoms with van der Waals surface area (Å²) in [6.07, 6.45) is 5.39. The SMILES string of the molecule is CNC1(Cc2cnc3ccccc3n2)CC1. The van der Waals surface area contributed by atoms with Crippen molar-refractivity contribution in [1.82, 2.24) is 15.3 Å². The lowest BCUT2D eigenvalue weighted by atomic mass is 10.1. The number of para-hydroxylation sites is 2. The van der Waals surface area contributed by atoms with Gasteiger partial charge in [-0.05, 0) is 32.0 Å². The normalized spacial score (nSPS) is 17.6. The van der Waals surface area contributed by atoms with Gasteiger partial charge >= 0.3 is 0 Å². The highest BCUT2D eigenvalue weighted by Gasteiger charge is 2.41. The smallest absolute Gasteiger partial charge is 0.0890 e. The Bertz CT molecular complexity index is 517. The molecule has 0 atom stereocenters. The van der Waals surface area contributed by atoms with Crippen molar-refractivity contribution < 1.29 is 0 Å². The van der Waals surface area contributed by atoms with Gasteiger partial charge in [0.2, 0.25) is 0 Å². The van der Waals surface area contributed by atoms with E-state index in [1.165, 1.54) is 12.8 Å². The number of benzene rings is 1. The fourth-order valence-electron chi connectivity index (χ4n) is 2.09. The zero-order chi connectivity index (χ0) is 11.0. The summed E-state index contributed by atoms with van der Waals surface area (Å²) in [5, 5.41) is 3.38. The van der Waals surface area contributed by atoms with Crippen LogP contribution in [0.5, 0.6) is 0 Å². The van der Waals surface area contributed by atoms with Crippen molar-refractivity contribution >= 4 is 11.0 Å². The van der Waals surface area contributed by atoms with Gasteiger partial charge in [0.05, 0.1) is 16.7 Å². The van der Waals surface area contributed by atoms with E-state index in [1.807, 2.05) is 37.5 Å².